The molecule has 0 spiro atoms. The SMILES string of the molecule is Cc1ncc(C(=O)N2CCC(N3CCC[C@@H](C(=O)N4CCCC4)C3)CC2)c(=O)[nH]1. The Labute approximate surface area is 171 Å². The van der Waals surface area contributed by atoms with Gasteiger partial charge in [0.15, 0.2) is 0 Å². The van der Waals surface area contributed by atoms with Crippen LogP contribution in [0, 0.1) is 12.8 Å². The van der Waals surface area contributed by atoms with Crippen molar-refractivity contribution in [2.45, 2.75) is 51.5 Å². The van der Waals surface area contributed by atoms with Gasteiger partial charge >= 0.3 is 0 Å². The van der Waals surface area contributed by atoms with Gasteiger partial charge in [-0.1, -0.05) is 0 Å². The number of rotatable bonds is 3. The van der Waals surface area contributed by atoms with Crippen molar-refractivity contribution >= 4 is 11.8 Å². The molecule has 1 N–H and O–H groups in total. The number of nitrogens with one attached hydrogen (secondary N) is 1. The molecule has 2 amide bonds. The summed E-state index contributed by atoms with van der Waals surface area (Å²) in [5.41, 5.74) is -0.257. The lowest BCUT2D eigenvalue weighted by atomic mass is 9.93. The lowest BCUT2D eigenvalue weighted by molar-refractivity contribution is -0.136. The molecule has 0 unspecified atom stereocenters. The smallest absolute Gasteiger partial charge is 0.263 e. The summed E-state index contributed by atoms with van der Waals surface area (Å²) in [5.74, 6) is 0.732. The molecule has 3 fully saturated rings. The molecule has 4 heterocycles. The predicted molar refractivity (Wildman–Crippen MR) is 109 cm³/mol. The minimum Gasteiger partial charge on any atom is -0.342 e. The fourth-order valence-electron chi connectivity index (χ4n) is 4.98. The van der Waals surface area contributed by atoms with Crippen LogP contribution in [0.2, 0.25) is 0 Å². The Kier molecular flexibility index (Phi) is 5.99. The van der Waals surface area contributed by atoms with Crippen LogP contribution in [0.15, 0.2) is 11.0 Å². The van der Waals surface area contributed by atoms with E-state index in [4.69, 9.17) is 0 Å². The van der Waals surface area contributed by atoms with Crippen LogP contribution >= 0.6 is 0 Å². The molecular formula is C21H31N5O3. The number of nitrogens with zero attached hydrogens (tertiary/aromatic N) is 4. The summed E-state index contributed by atoms with van der Waals surface area (Å²) < 4.78 is 0. The third kappa shape index (κ3) is 4.37. The molecule has 1 aromatic rings. The summed E-state index contributed by atoms with van der Waals surface area (Å²) in [5, 5.41) is 0. The fraction of sp³-hybridized carbons (Fsp3) is 0.714. The van der Waals surface area contributed by atoms with Crippen molar-refractivity contribution in [3.8, 4) is 0 Å². The Hall–Kier alpha value is -2.22. The van der Waals surface area contributed by atoms with Gasteiger partial charge in [-0.05, 0) is 52.0 Å². The van der Waals surface area contributed by atoms with Crippen LogP contribution in [0.25, 0.3) is 0 Å². The normalized spacial score (nSPS) is 24.1. The average molecular weight is 402 g/mol. The van der Waals surface area contributed by atoms with Crippen LogP contribution in [0.1, 0.15) is 54.7 Å². The number of piperidine rings is 2. The minimum absolute atomic E-state index is 0.114. The quantitative estimate of drug-likeness (QED) is 0.817. The summed E-state index contributed by atoms with van der Waals surface area (Å²) in [6.45, 7) is 6.68. The molecule has 1 atom stereocenters. The number of H-pyrrole nitrogens is 1. The molecule has 158 valence electrons. The van der Waals surface area contributed by atoms with Gasteiger partial charge in [-0.3, -0.25) is 19.3 Å². The lowest BCUT2D eigenvalue weighted by Gasteiger charge is -2.42. The van der Waals surface area contributed by atoms with Gasteiger partial charge in [0.25, 0.3) is 11.5 Å². The van der Waals surface area contributed by atoms with Crippen LogP contribution < -0.4 is 5.56 Å². The van der Waals surface area contributed by atoms with Gasteiger partial charge in [-0.15, -0.1) is 0 Å². The zero-order chi connectivity index (χ0) is 20.4. The molecule has 0 aliphatic carbocycles. The lowest BCUT2D eigenvalue weighted by Crippen LogP contribution is -2.52. The van der Waals surface area contributed by atoms with Gasteiger partial charge in [0, 0.05) is 45.0 Å². The molecule has 0 radical (unpaired) electrons. The highest BCUT2D eigenvalue weighted by Crippen LogP contribution is 2.26. The number of hydrogen-bond acceptors (Lipinski definition) is 5. The zero-order valence-electron chi connectivity index (χ0n) is 17.2. The summed E-state index contributed by atoms with van der Waals surface area (Å²) in [7, 11) is 0. The second-order valence-corrected chi connectivity index (χ2v) is 8.60. The first kappa shape index (κ1) is 20.1. The largest absolute Gasteiger partial charge is 0.342 e. The van der Waals surface area contributed by atoms with E-state index in [-0.39, 0.29) is 22.9 Å². The van der Waals surface area contributed by atoms with Gasteiger partial charge < -0.3 is 14.8 Å². The van der Waals surface area contributed by atoms with E-state index in [1.165, 1.54) is 6.20 Å². The zero-order valence-corrected chi connectivity index (χ0v) is 17.2. The predicted octanol–water partition coefficient (Wildman–Crippen LogP) is 1.02. The number of amides is 2. The highest BCUT2D eigenvalue weighted by molar-refractivity contribution is 5.93. The van der Waals surface area contributed by atoms with Crippen molar-refractivity contribution < 1.29 is 9.59 Å². The van der Waals surface area contributed by atoms with Gasteiger partial charge in [-0.2, -0.15) is 0 Å². The highest BCUT2D eigenvalue weighted by Gasteiger charge is 2.35. The first-order valence-corrected chi connectivity index (χ1v) is 10.9. The van der Waals surface area contributed by atoms with Crippen LogP contribution in [0.5, 0.6) is 0 Å². The Morgan fingerprint density at radius 2 is 1.72 bits per heavy atom. The standard InChI is InChI=1S/C21H31N5O3/c1-15-22-13-18(19(27)23-15)21(29)25-11-6-17(7-12-25)26-10-4-5-16(14-26)20(28)24-8-2-3-9-24/h13,16-17H,2-12,14H2,1H3,(H,22,23,27)/t16-/m1/s1. The Bertz CT molecular complexity index is 809. The molecule has 3 aliphatic heterocycles. The van der Waals surface area contributed by atoms with E-state index in [0.717, 1.165) is 64.7 Å². The van der Waals surface area contributed by atoms with Crippen molar-refractivity contribution in [1.29, 1.82) is 0 Å². The van der Waals surface area contributed by atoms with Crippen LogP contribution in [0.4, 0.5) is 0 Å². The molecule has 3 saturated heterocycles. The van der Waals surface area contributed by atoms with E-state index in [1.807, 2.05) is 4.90 Å². The van der Waals surface area contributed by atoms with Crippen molar-refractivity contribution in [2.24, 2.45) is 5.92 Å². The number of aromatic amines is 1. The molecule has 0 aromatic carbocycles. The number of aryl methyl sites for hydroxylation is 1. The molecule has 29 heavy (non-hydrogen) atoms. The van der Waals surface area contributed by atoms with Crippen molar-refractivity contribution in [2.75, 3.05) is 39.3 Å². The molecular weight excluding hydrogens is 370 g/mol. The van der Waals surface area contributed by atoms with Gasteiger partial charge in [0.05, 0.1) is 5.92 Å². The third-order valence-electron chi connectivity index (χ3n) is 6.64. The molecule has 1 aromatic heterocycles. The first-order valence-electron chi connectivity index (χ1n) is 10.9. The van der Waals surface area contributed by atoms with E-state index in [2.05, 4.69) is 14.9 Å². The number of carbonyl (C=O) groups excluding carboxylic acids is 2. The fourth-order valence-corrected chi connectivity index (χ4v) is 4.98. The third-order valence-corrected chi connectivity index (χ3v) is 6.64. The number of aromatic nitrogens is 2. The van der Waals surface area contributed by atoms with Gasteiger partial charge in [0.2, 0.25) is 5.91 Å². The maximum absolute atomic E-state index is 12.8. The van der Waals surface area contributed by atoms with E-state index in [1.54, 1.807) is 11.8 Å². The Morgan fingerprint density at radius 3 is 2.41 bits per heavy atom. The second-order valence-electron chi connectivity index (χ2n) is 8.60. The topological polar surface area (TPSA) is 89.6 Å². The van der Waals surface area contributed by atoms with E-state index < -0.39 is 0 Å². The Balaban J connectivity index is 1.32. The van der Waals surface area contributed by atoms with E-state index in [0.29, 0.717) is 30.9 Å². The van der Waals surface area contributed by atoms with Gasteiger partial charge in [-0.25, -0.2) is 4.98 Å². The highest BCUT2D eigenvalue weighted by atomic mass is 16.2. The number of likely N-dealkylation sites (tertiary alicyclic amines) is 3. The van der Waals surface area contributed by atoms with Crippen LogP contribution in [0.3, 0.4) is 0 Å². The molecule has 0 bridgehead atoms. The summed E-state index contributed by atoms with van der Waals surface area (Å²) >= 11 is 0. The van der Waals surface area contributed by atoms with Gasteiger partial charge in [0.1, 0.15) is 11.4 Å². The van der Waals surface area contributed by atoms with Crippen molar-refractivity contribution in [3.63, 3.8) is 0 Å². The van der Waals surface area contributed by atoms with E-state index >= 15 is 0 Å². The second kappa shape index (κ2) is 8.65. The number of carbonyl (C=O) groups is 2. The number of hydrogen-bond donors (Lipinski definition) is 1. The summed E-state index contributed by atoms with van der Waals surface area (Å²) in [4.78, 5) is 50.5. The van der Waals surface area contributed by atoms with Crippen molar-refractivity contribution in [3.05, 3.63) is 27.9 Å². The molecule has 3 aliphatic rings. The monoisotopic (exact) mass is 401 g/mol. The average Bonchev–Trinajstić information content (AvgIpc) is 3.28. The first-order chi connectivity index (χ1) is 14.0. The van der Waals surface area contributed by atoms with Crippen molar-refractivity contribution in [1.82, 2.24) is 24.7 Å². The van der Waals surface area contributed by atoms with Crippen LogP contribution in [-0.4, -0.2) is 81.8 Å². The minimum atomic E-state index is -0.371. The summed E-state index contributed by atoms with van der Waals surface area (Å²) in [6, 6.07) is 0.405. The molecule has 8 nitrogen and oxygen atoms in total. The van der Waals surface area contributed by atoms with Crippen LogP contribution in [-0.2, 0) is 4.79 Å². The summed E-state index contributed by atoms with van der Waals surface area (Å²) in [6.07, 6.45) is 7.46. The maximum Gasteiger partial charge on any atom is 0.263 e. The molecule has 0 saturated carbocycles. The molecule has 4 rings (SSSR count). The molecule has 8 heteroatoms. The Morgan fingerprint density at radius 1 is 1.00 bits per heavy atom. The maximum atomic E-state index is 12.8. The van der Waals surface area contributed by atoms with E-state index in [9.17, 15) is 14.4 Å².